The molecule has 2 amide bonds. The van der Waals surface area contributed by atoms with Crippen LogP contribution in [0.1, 0.15) is 39.8 Å². The first-order valence-electron chi connectivity index (χ1n) is 6.74. The molecule has 6 heteroatoms. The maximum Gasteiger partial charge on any atom is 0.253 e. The summed E-state index contributed by atoms with van der Waals surface area (Å²) in [5.74, 6) is 0.127. The van der Waals surface area contributed by atoms with E-state index in [-0.39, 0.29) is 18.4 Å². The Bertz CT molecular complexity index is 608. The zero-order valence-electron chi connectivity index (χ0n) is 11.8. The van der Waals surface area contributed by atoms with Crippen molar-refractivity contribution in [3.8, 4) is 0 Å². The minimum absolute atomic E-state index is 0.231. The Kier molecular flexibility index (Phi) is 5.09. The number of amides is 2. The van der Waals surface area contributed by atoms with Crippen molar-refractivity contribution in [2.24, 2.45) is 0 Å². The lowest BCUT2D eigenvalue weighted by molar-refractivity contribution is 0.0947. The molecule has 2 heterocycles. The van der Waals surface area contributed by atoms with Gasteiger partial charge in [0.15, 0.2) is 0 Å². The van der Waals surface area contributed by atoms with Crippen LogP contribution in [0.25, 0.3) is 0 Å². The second-order valence-electron chi connectivity index (χ2n) is 4.48. The summed E-state index contributed by atoms with van der Waals surface area (Å²) < 4.78 is 5.13. The molecule has 2 rings (SSSR count). The summed E-state index contributed by atoms with van der Waals surface area (Å²) in [6.45, 7) is 2.85. The van der Waals surface area contributed by atoms with E-state index in [1.807, 2.05) is 6.92 Å². The van der Waals surface area contributed by atoms with Gasteiger partial charge in [-0.3, -0.25) is 14.6 Å². The van der Waals surface area contributed by atoms with Crippen molar-refractivity contribution in [3.05, 3.63) is 53.7 Å². The minimum atomic E-state index is -0.302. The van der Waals surface area contributed by atoms with Gasteiger partial charge in [0.1, 0.15) is 5.76 Å². The molecular weight excluding hydrogens is 270 g/mol. The van der Waals surface area contributed by atoms with Gasteiger partial charge in [0.05, 0.1) is 23.9 Å². The number of nitrogens with zero attached hydrogens (tertiary/aromatic N) is 1. The van der Waals surface area contributed by atoms with Crippen LogP contribution in [-0.2, 0) is 6.54 Å². The summed E-state index contributed by atoms with van der Waals surface area (Å²) in [5.41, 5.74) is 0.708. The van der Waals surface area contributed by atoms with Crippen LogP contribution in [0.5, 0.6) is 0 Å². The van der Waals surface area contributed by atoms with Crippen LogP contribution in [0.15, 0.2) is 41.3 Å². The summed E-state index contributed by atoms with van der Waals surface area (Å²) in [7, 11) is 0. The number of pyridine rings is 1. The molecule has 0 bridgehead atoms. The maximum atomic E-state index is 12.0. The molecule has 21 heavy (non-hydrogen) atoms. The highest BCUT2D eigenvalue weighted by Crippen LogP contribution is 2.04. The molecule has 0 saturated carbocycles. The molecule has 0 saturated heterocycles. The number of rotatable bonds is 6. The molecule has 0 fully saturated rings. The van der Waals surface area contributed by atoms with Gasteiger partial charge in [-0.05, 0) is 24.6 Å². The van der Waals surface area contributed by atoms with E-state index in [9.17, 15) is 9.59 Å². The van der Waals surface area contributed by atoms with Crippen LogP contribution in [0.4, 0.5) is 0 Å². The highest BCUT2D eigenvalue weighted by atomic mass is 16.3. The number of carbonyl (C=O) groups excluding carboxylic acids is 2. The summed E-state index contributed by atoms with van der Waals surface area (Å²) in [5, 5.41) is 5.45. The smallest absolute Gasteiger partial charge is 0.253 e. The fourth-order valence-corrected chi connectivity index (χ4v) is 1.71. The first-order chi connectivity index (χ1) is 10.2. The number of furan rings is 1. The highest BCUT2D eigenvalue weighted by molar-refractivity contribution is 5.99. The summed E-state index contributed by atoms with van der Waals surface area (Å²) in [6.07, 6.45) is 5.26. The number of aromatic nitrogens is 1. The van der Waals surface area contributed by atoms with Gasteiger partial charge in [0.25, 0.3) is 11.8 Å². The van der Waals surface area contributed by atoms with Crippen molar-refractivity contribution in [2.75, 3.05) is 6.54 Å². The average molecular weight is 287 g/mol. The quantitative estimate of drug-likeness (QED) is 0.847. The molecular formula is C15H17N3O3. The molecule has 0 aliphatic carbocycles. The number of carbonyl (C=O) groups is 2. The first-order valence-corrected chi connectivity index (χ1v) is 6.74. The van der Waals surface area contributed by atoms with Crippen molar-refractivity contribution in [3.63, 3.8) is 0 Å². The molecule has 2 aromatic rings. The van der Waals surface area contributed by atoms with Crippen LogP contribution >= 0.6 is 0 Å². The monoisotopic (exact) mass is 287 g/mol. The molecule has 0 atom stereocenters. The largest absolute Gasteiger partial charge is 0.467 e. The zero-order chi connectivity index (χ0) is 15.1. The van der Waals surface area contributed by atoms with Crippen molar-refractivity contribution in [2.45, 2.75) is 19.9 Å². The van der Waals surface area contributed by atoms with Gasteiger partial charge in [0.2, 0.25) is 0 Å². The lowest BCUT2D eigenvalue weighted by Gasteiger charge is -2.06. The molecule has 0 aliphatic rings. The third kappa shape index (κ3) is 4.17. The zero-order valence-corrected chi connectivity index (χ0v) is 11.8. The standard InChI is InChI=1S/C15H17N3O3/c1-2-5-17-14(19)11-7-12(9-16-8-11)15(20)18-10-13-4-3-6-21-13/h3-4,6-9H,2,5,10H2,1H3,(H,17,19)(H,18,20). The Morgan fingerprint density at radius 1 is 1.19 bits per heavy atom. The summed E-state index contributed by atoms with van der Waals surface area (Å²) in [6, 6.07) is 5.05. The molecule has 110 valence electrons. The predicted molar refractivity (Wildman–Crippen MR) is 76.7 cm³/mol. The molecule has 0 unspecified atom stereocenters. The van der Waals surface area contributed by atoms with Crippen LogP contribution < -0.4 is 10.6 Å². The Hall–Kier alpha value is -2.63. The average Bonchev–Trinajstić information content (AvgIpc) is 3.03. The maximum absolute atomic E-state index is 12.0. The summed E-state index contributed by atoms with van der Waals surface area (Å²) in [4.78, 5) is 27.8. The van der Waals surface area contributed by atoms with Gasteiger partial charge in [0, 0.05) is 18.9 Å². The molecule has 0 aromatic carbocycles. The van der Waals surface area contributed by atoms with Gasteiger partial charge in [-0.1, -0.05) is 6.92 Å². The van der Waals surface area contributed by atoms with Gasteiger partial charge >= 0.3 is 0 Å². The number of nitrogens with one attached hydrogen (secondary N) is 2. The fraction of sp³-hybridized carbons (Fsp3) is 0.267. The predicted octanol–water partition coefficient (Wildman–Crippen LogP) is 1.74. The second-order valence-corrected chi connectivity index (χ2v) is 4.48. The lowest BCUT2D eigenvalue weighted by atomic mass is 10.2. The Morgan fingerprint density at radius 3 is 2.52 bits per heavy atom. The third-order valence-electron chi connectivity index (χ3n) is 2.80. The van der Waals surface area contributed by atoms with E-state index in [1.165, 1.54) is 18.5 Å². The molecule has 2 aromatic heterocycles. The molecule has 0 spiro atoms. The van der Waals surface area contributed by atoms with E-state index in [0.29, 0.717) is 23.4 Å². The summed E-state index contributed by atoms with van der Waals surface area (Å²) >= 11 is 0. The van der Waals surface area contributed by atoms with Gasteiger partial charge in [-0.25, -0.2) is 0 Å². The Labute approximate surface area is 122 Å². The van der Waals surface area contributed by atoms with Crippen molar-refractivity contribution in [1.29, 1.82) is 0 Å². The second kappa shape index (κ2) is 7.23. The third-order valence-corrected chi connectivity index (χ3v) is 2.80. The molecule has 0 radical (unpaired) electrons. The van der Waals surface area contributed by atoms with E-state index < -0.39 is 0 Å². The Morgan fingerprint density at radius 2 is 1.90 bits per heavy atom. The van der Waals surface area contributed by atoms with Crippen LogP contribution in [-0.4, -0.2) is 23.3 Å². The van der Waals surface area contributed by atoms with Gasteiger partial charge in [-0.2, -0.15) is 0 Å². The van der Waals surface area contributed by atoms with E-state index in [2.05, 4.69) is 15.6 Å². The lowest BCUT2D eigenvalue weighted by Crippen LogP contribution is -2.26. The first kappa shape index (κ1) is 14.8. The van der Waals surface area contributed by atoms with Gasteiger partial charge in [-0.15, -0.1) is 0 Å². The van der Waals surface area contributed by atoms with Gasteiger partial charge < -0.3 is 15.1 Å². The normalized spacial score (nSPS) is 10.1. The highest BCUT2D eigenvalue weighted by Gasteiger charge is 2.11. The van der Waals surface area contributed by atoms with Crippen molar-refractivity contribution < 1.29 is 14.0 Å². The van der Waals surface area contributed by atoms with E-state index >= 15 is 0 Å². The number of hydrogen-bond donors (Lipinski definition) is 2. The fourth-order valence-electron chi connectivity index (χ4n) is 1.71. The van der Waals surface area contributed by atoms with Crippen molar-refractivity contribution in [1.82, 2.24) is 15.6 Å². The topological polar surface area (TPSA) is 84.2 Å². The SMILES string of the molecule is CCCNC(=O)c1cncc(C(=O)NCc2ccco2)c1. The Balaban J connectivity index is 1.99. The molecule has 2 N–H and O–H groups in total. The minimum Gasteiger partial charge on any atom is -0.467 e. The number of hydrogen-bond acceptors (Lipinski definition) is 4. The molecule has 6 nitrogen and oxygen atoms in total. The van der Waals surface area contributed by atoms with Crippen LogP contribution in [0.3, 0.4) is 0 Å². The van der Waals surface area contributed by atoms with E-state index in [0.717, 1.165) is 6.42 Å². The van der Waals surface area contributed by atoms with E-state index in [4.69, 9.17) is 4.42 Å². The van der Waals surface area contributed by atoms with E-state index in [1.54, 1.807) is 18.4 Å². The van der Waals surface area contributed by atoms with Crippen LogP contribution in [0.2, 0.25) is 0 Å². The van der Waals surface area contributed by atoms with Crippen LogP contribution in [0, 0.1) is 0 Å². The molecule has 0 aliphatic heterocycles. The van der Waals surface area contributed by atoms with Crippen molar-refractivity contribution >= 4 is 11.8 Å².